The van der Waals surface area contributed by atoms with E-state index in [0.717, 1.165) is 35.4 Å². The van der Waals surface area contributed by atoms with Crippen molar-refractivity contribution >= 4 is 17.5 Å². The summed E-state index contributed by atoms with van der Waals surface area (Å²) in [6.45, 7) is 1.56. The van der Waals surface area contributed by atoms with Crippen molar-refractivity contribution < 1.29 is 38.4 Å². The third-order valence-electron chi connectivity index (χ3n) is 7.70. The van der Waals surface area contributed by atoms with Crippen LogP contribution in [0, 0.1) is 5.92 Å². The number of hydrogen-bond donors (Lipinski definition) is 3. The second kappa shape index (κ2) is 10.8. The summed E-state index contributed by atoms with van der Waals surface area (Å²) in [5.74, 6) is 1.85. The number of hydrogen-bond acceptors (Lipinski definition) is 8. The van der Waals surface area contributed by atoms with E-state index in [4.69, 9.17) is 23.7 Å². The number of anilines is 1. The molecule has 4 aliphatic heterocycles. The zero-order chi connectivity index (χ0) is 26.1. The summed E-state index contributed by atoms with van der Waals surface area (Å²) in [6.07, 6.45) is 0.914. The summed E-state index contributed by atoms with van der Waals surface area (Å²) < 4.78 is 28.3. The molecular formula is C28H32N2O8. The van der Waals surface area contributed by atoms with E-state index < -0.39 is 6.10 Å². The second-order valence-electron chi connectivity index (χ2n) is 10.2. The molecule has 2 aromatic rings. The number of aliphatic hydroxyl groups is 1. The number of nitrogens with one attached hydrogen (secondary N) is 2. The summed E-state index contributed by atoms with van der Waals surface area (Å²) in [7, 11) is 0. The number of aliphatic hydroxyl groups excluding tert-OH is 1. The van der Waals surface area contributed by atoms with Crippen LogP contribution in [0.15, 0.2) is 36.4 Å². The molecule has 0 saturated carbocycles. The molecule has 4 atom stereocenters. The molecule has 0 unspecified atom stereocenters. The standard InChI is InChI=1S/C28H32N2O8/c31-14-25-27-21(20-10-18(2-4-22(20)38-27)30-28(33)17-5-7-34-8-6-17)11-19(37-25)12-26(32)29-13-16-1-3-23-24(9-16)36-15-35-23/h1-4,9-10,17,19,21,25,27,31H,5-8,11-15H2,(H,29,32)(H,30,33)/t19-,21-,25+,27+/m0/s1. The first-order valence-corrected chi connectivity index (χ1v) is 13.2. The molecule has 6 rings (SSSR count). The molecule has 202 valence electrons. The Labute approximate surface area is 220 Å². The minimum Gasteiger partial charge on any atom is -0.487 e. The maximum Gasteiger partial charge on any atom is 0.231 e. The molecule has 10 nitrogen and oxygen atoms in total. The van der Waals surface area contributed by atoms with E-state index in [1.165, 1.54) is 0 Å². The molecule has 10 heteroatoms. The van der Waals surface area contributed by atoms with Gasteiger partial charge in [-0.25, -0.2) is 0 Å². The molecule has 0 aromatic heterocycles. The van der Waals surface area contributed by atoms with Gasteiger partial charge in [0.2, 0.25) is 18.6 Å². The van der Waals surface area contributed by atoms with Crippen LogP contribution in [0.3, 0.4) is 0 Å². The van der Waals surface area contributed by atoms with Gasteiger partial charge >= 0.3 is 0 Å². The summed E-state index contributed by atoms with van der Waals surface area (Å²) in [6, 6.07) is 11.2. The van der Waals surface area contributed by atoms with E-state index in [1.54, 1.807) is 0 Å². The Morgan fingerprint density at radius 3 is 2.66 bits per heavy atom. The van der Waals surface area contributed by atoms with E-state index in [1.807, 2.05) is 36.4 Å². The van der Waals surface area contributed by atoms with Gasteiger partial charge in [-0.15, -0.1) is 0 Å². The lowest BCUT2D eigenvalue weighted by Gasteiger charge is -2.37. The molecule has 4 heterocycles. The lowest BCUT2D eigenvalue weighted by atomic mass is 9.84. The average molecular weight is 525 g/mol. The highest BCUT2D eigenvalue weighted by Gasteiger charge is 2.46. The first-order chi connectivity index (χ1) is 18.6. The highest BCUT2D eigenvalue weighted by atomic mass is 16.7. The maximum atomic E-state index is 12.8. The molecule has 0 bridgehead atoms. The van der Waals surface area contributed by atoms with E-state index in [2.05, 4.69) is 10.6 Å². The van der Waals surface area contributed by atoms with E-state index in [-0.39, 0.29) is 55.7 Å². The number of ether oxygens (including phenoxy) is 5. The van der Waals surface area contributed by atoms with Crippen molar-refractivity contribution in [3.8, 4) is 17.2 Å². The van der Waals surface area contributed by atoms with Crippen molar-refractivity contribution in [3.63, 3.8) is 0 Å². The molecule has 3 N–H and O–H groups in total. The Balaban J connectivity index is 1.09. The molecule has 2 fully saturated rings. The molecule has 2 amide bonds. The molecule has 0 aliphatic carbocycles. The minimum absolute atomic E-state index is 0.000865. The van der Waals surface area contributed by atoms with E-state index in [0.29, 0.717) is 37.7 Å². The van der Waals surface area contributed by atoms with Crippen LogP contribution >= 0.6 is 0 Å². The quantitative estimate of drug-likeness (QED) is 0.505. The zero-order valence-corrected chi connectivity index (χ0v) is 21.0. The van der Waals surface area contributed by atoms with Crippen molar-refractivity contribution in [1.82, 2.24) is 5.32 Å². The minimum atomic E-state index is -0.548. The first kappa shape index (κ1) is 25.0. The van der Waals surface area contributed by atoms with Crippen LogP contribution in [0.5, 0.6) is 17.2 Å². The monoisotopic (exact) mass is 524 g/mol. The smallest absolute Gasteiger partial charge is 0.231 e. The van der Waals surface area contributed by atoms with Crippen LogP contribution in [0.25, 0.3) is 0 Å². The Bertz CT molecular complexity index is 1200. The number of carbonyl (C=O) groups is 2. The lowest BCUT2D eigenvalue weighted by Crippen LogP contribution is -2.47. The van der Waals surface area contributed by atoms with Crippen LogP contribution in [-0.2, 0) is 25.6 Å². The van der Waals surface area contributed by atoms with Gasteiger partial charge in [0.1, 0.15) is 18.0 Å². The normalized spacial score (nSPS) is 25.7. The fourth-order valence-electron chi connectivity index (χ4n) is 5.70. The number of amides is 2. The van der Waals surface area contributed by atoms with Crippen LogP contribution in [0.2, 0.25) is 0 Å². The maximum absolute atomic E-state index is 12.8. The Morgan fingerprint density at radius 1 is 1.00 bits per heavy atom. The first-order valence-electron chi connectivity index (χ1n) is 13.2. The molecule has 0 radical (unpaired) electrons. The van der Waals surface area contributed by atoms with Gasteiger partial charge < -0.3 is 39.4 Å². The third-order valence-corrected chi connectivity index (χ3v) is 7.70. The Morgan fingerprint density at radius 2 is 1.82 bits per heavy atom. The van der Waals surface area contributed by atoms with Gasteiger partial charge in [-0.3, -0.25) is 9.59 Å². The highest BCUT2D eigenvalue weighted by Crippen LogP contribution is 2.47. The topological polar surface area (TPSA) is 125 Å². The molecule has 38 heavy (non-hydrogen) atoms. The van der Waals surface area contributed by atoms with Gasteiger partial charge in [-0.05, 0) is 55.2 Å². The van der Waals surface area contributed by atoms with Crippen LogP contribution in [0.1, 0.15) is 42.7 Å². The summed E-state index contributed by atoms with van der Waals surface area (Å²) >= 11 is 0. The van der Waals surface area contributed by atoms with Crippen molar-refractivity contribution in [3.05, 3.63) is 47.5 Å². The van der Waals surface area contributed by atoms with Crippen LogP contribution in [0.4, 0.5) is 5.69 Å². The molecule has 4 aliphatic rings. The largest absolute Gasteiger partial charge is 0.487 e. The fraction of sp³-hybridized carbons (Fsp3) is 0.500. The summed E-state index contributed by atoms with van der Waals surface area (Å²) in [5, 5.41) is 16.0. The van der Waals surface area contributed by atoms with Crippen molar-refractivity contribution in [2.45, 2.75) is 56.5 Å². The molecule has 0 spiro atoms. The zero-order valence-electron chi connectivity index (χ0n) is 21.0. The van der Waals surface area contributed by atoms with E-state index in [9.17, 15) is 14.7 Å². The SMILES string of the molecule is O=C(C[C@@H]1C[C@H]2c3cc(NC(=O)C4CCOCC4)ccc3O[C@H]2[C@@H](CO)O1)NCc1ccc2c(c1)OCO2. The Kier molecular flexibility index (Phi) is 7.10. The molecular weight excluding hydrogens is 492 g/mol. The predicted molar refractivity (Wildman–Crippen MR) is 135 cm³/mol. The summed E-state index contributed by atoms with van der Waals surface area (Å²) in [5.41, 5.74) is 2.59. The van der Waals surface area contributed by atoms with Gasteiger partial charge in [0.25, 0.3) is 0 Å². The number of fused-ring (bicyclic) bond motifs is 4. The Hall–Kier alpha value is -3.34. The van der Waals surface area contributed by atoms with Crippen molar-refractivity contribution in [1.29, 1.82) is 0 Å². The van der Waals surface area contributed by atoms with Gasteiger partial charge in [0.15, 0.2) is 11.5 Å². The number of benzene rings is 2. The number of carbonyl (C=O) groups excluding carboxylic acids is 2. The second-order valence-corrected chi connectivity index (χ2v) is 10.2. The van der Waals surface area contributed by atoms with Gasteiger partial charge in [0, 0.05) is 42.8 Å². The molecule has 2 saturated heterocycles. The van der Waals surface area contributed by atoms with Gasteiger partial charge in [0.05, 0.1) is 19.1 Å². The van der Waals surface area contributed by atoms with Crippen molar-refractivity contribution in [2.24, 2.45) is 5.92 Å². The molecule has 2 aromatic carbocycles. The fourth-order valence-corrected chi connectivity index (χ4v) is 5.70. The lowest BCUT2D eigenvalue weighted by molar-refractivity contribution is -0.142. The van der Waals surface area contributed by atoms with E-state index >= 15 is 0 Å². The van der Waals surface area contributed by atoms with Gasteiger partial charge in [-0.1, -0.05) is 6.07 Å². The predicted octanol–water partition coefficient (Wildman–Crippen LogP) is 2.48. The van der Waals surface area contributed by atoms with Gasteiger partial charge in [-0.2, -0.15) is 0 Å². The summed E-state index contributed by atoms with van der Waals surface area (Å²) in [4.78, 5) is 25.5. The highest BCUT2D eigenvalue weighted by molar-refractivity contribution is 5.92. The van der Waals surface area contributed by atoms with Crippen LogP contribution in [-0.4, -0.2) is 61.8 Å². The van der Waals surface area contributed by atoms with Crippen molar-refractivity contribution in [2.75, 3.05) is 31.9 Å². The number of rotatable bonds is 7. The van der Waals surface area contributed by atoms with Crippen LogP contribution < -0.4 is 24.8 Å². The third kappa shape index (κ3) is 5.16. The average Bonchev–Trinajstić information content (AvgIpc) is 3.56.